The first-order valence-corrected chi connectivity index (χ1v) is 5.88. The lowest BCUT2D eigenvalue weighted by molar-refractivity contribution is -0.115. The maximum atomic E-state index is 11.7. The van der Waals surface area contributed by atoms with Crippen molar-refractivity contribution in [2.24, 2.45) is 0 Å². The summed E-state index contributed by atoms with van der Waals surface area (Å²) in [6.07, 6.45) is 1.20. The van der Waals surface area contributed by atoms with Crippen molar-refractivity contribution in [1.29, 1.82) is 0 Å². The van der Waals surface area contributed by atoms with Crippen LogP contribution in [0.4, 0.5) is 10.7 Å². The van der Waals surface area contributed by atoms with Crippen LogP contribution in [0.15, 0.2) is 10.6 Å². The van der Waals surface area contributed by atoms with Gasteiger partial charge in [0.15, 0.2) is 0 Å². The molecule has 0 aromatic carbocycles. The van der Waals surface area contributed by atoms with E-state index in [9.17, 15) is 9.59 Å². The Hall–Kier alpha value is -1.85. The Kier molecular flexibility index (Phi) is 4.47. The molecule has 6 heteroatoms. The number of amides is 3. The van der Waals surface area contributed by atoms with E-state index in [1.807, 2.05) is 27.7 Å². The molecule has 0 bridgehead atoms. The summed E-state index contributed by atoms with van der Waals surface area (Å²) in [4.78, 5) is 23.5. The van der Waals surface area contributed by atoms with Crippen molar-refractivity contribution in [3.05, 3.63) is 11.8 Å². The molecular weight excluding hydrogens is 234 g/mol. The second-order valence-corrected chi connectivity index (χ2v) is 5.06. The number of carbonyl (C=O) groups is 2. The Balaban J connectivity index is 2.70. The zero-order valence-corrected chi connectivity index (χ0v) is 11.2. The topological polar surface area (TPSA) is 75.4 Å². The van der Waals surface area contributed by atoms with Gasteiger partial charge in [-0.1, -0.05) is 32.9 Å². The molecule has 1 rings (SSSR count). The molecule has 0 aliphatic carbocycles. The first kappa shape index (κ1) is 14.2. The highest BCUT2D eigenvalue weighted by Gasteiger charge is 2.20. The summed E-state index contributed by atoms with van der Waals surface area (Å²) in [6.45, 7) is 8.23. The van der Waals surface area contributed by atoms with Gasteiger partial charge in [0, 0.05) is 18.0 Å². The van der Waals surface area contributed by atoms with Crippen LogP contribution in [-0.4, -0.2) is 29.0 Å². The first-order valence-electron chi connectivity index (χ1n) is 5.88. The van der Waals surface area contributed by atoms with Crippen LogP contribution in [0.25, 0.3) is 0 Å². The molecule has 0 aliphatic rings. The molecule has 1 aromatic heterocycles. The van der Waals surface area contributed by atoms with E-state index in [4.69, 9.17) is 4.52 Å². The zero-order valence-electron chi connectivity index (χ0n) is 11.2. The van der Waals surface area contributed by atoms with Crippen LogP contribution in [0.2, 0.25) is 0 Å². The molecule has 0 atom stereocenters. The fraction of sp³-hybridized carbons (Fsp3) is 0.583. The van der Waals surface area contributed by atoms with Gasteiger partial charge in [-0.15, -0.1) is 0 Å². The summed E-state index contributed by atoms with van der Waals surface area (Å²) in [6, 6.07) is 1.15. The van der Waals surface area contributed by atoms with E-state index in [0.29, 0.717) is 19.4 Å². The van der Waals surface area contributed by atoms with Gasteiger partial charge in [-0.05, 0) is 6.42 Å². The average molecular weight is 253 g/mol. The standard InChI is InChI=1S/C12H19N3O3/c1-5-6-15(8-16)11(17)13-10-7-9(14-18-10)12(2,3)4/h7-8H,5-6H2,1-4H3,(H,13,17). The highest BCUT2D eigenvalue weighted by Crippen LogP contribution is 2.23. The monoisotopic (exact) mass is 253 g/mol. The largest absolute Gasteiger partial charge is 0.338 e. The normalized spacial score (nSPS) is 11.1. The molecule has 18 heavy (non-hydrogen) atoms. The second-order valence-electron chi connectivity index (χ2n) is 5.06. The van der Waals surface area contributed by atoms with E-state index in [1.165, 1.54) is 0 Å². The molecule has 1 N–H and O–H groups in total. The van der Waals surface area contributed by atoms with E-state index >= 15 is 0 Å². The van der Waals surface area contributed by atoms with Crippen LogP contribution < -0.4 is 5.32 Å². The number of carbonyl (C=O) groups excluding carboxylic acids is 2. The number of anilines is 1. The highest BCUT2D eigenvalue weighted by atomic mass is 16.5. The van der Waals surface area contributed by atoms with Gasteiger partial charge in [0.05, 0.1) is 5.69 Å². The predicted molar refractivity (Wildman–Crippen MR) is 67.3 cm³/mol. The summed E-state index contributed by atoms with van der Waals surface area (Å²) < 4.78 is 5.01. The Morgan fingerprint density at radius 1 is 1.56 bits per heavy atom. The van der Waals surface area contributed by atoms with Crippen LogP contribution in [0.3, 0.4) is 0 Å². The van der Waals surface area contributed by atoms with Gasteiger partial charge in [-0.25, -0.2) is 4.79 Å². The lowest BCUT2D eigenvalue weighted by atomic mass is 9.92. The van der Waals surface area contributed by atoms with Crippen LogP contribution in [-0.2, 0) is 10.2 Å². The Morgan fingerprint density at radius 2 is 2.22 bits per heavy atom. The van der Waals surface area contributed by atoms with Crippen LogP contribution in [0.1, 0.15) is 39.8 Å². The van der Waals surface area contributed by atoms with E-state index in [-0.39, 0.29) is 11.3 Å². The summed E-state index contributed by atoms with van der Waals surface area (Å²) in [5.74, 6) is 0.243. The summed E-state index contributed by atoms with van der Waals surface area (Å²) in [7, 11) is 0. The molecule has 0 radical (unpaired) electrons. The second kappa shape index (κ2) is 5.66. The quantitative estimate of drug-likeness (QED) is 0.836. The maximum absolute atomic E-state index is 11.7. The van der Waals surface area contributed by atoms with E-state index in [0.717, 1.165) is 10.6 Å². The Bertz CT molecular complexity index is 420. The van der Waals surface area contributed by atoms with Gasteiger partial charge >= 0.3 is 6.03 Å². The van der Waals surface area contributed by atoms with Crippen LogP contribution in [0, 0.1) is 0 Å². The third kappa shape index (κ3) is 3.58. The van der Waals surface area contributed by atoms with E-state index in [1.54, 1.807) is 6.07 Å². The molecule has 0 spiro atoms. The van der Waals surface area contributed by atoms with Crippen molar-refractivity contribution in [2.45, 2.75) is 39.5 Å². The maximum Gasteiger partial charge on any atom is 0.330 e. The minimum atomic E-state index is -0.511. The van der Waals surface area contributed by atoms with Gasteiger partial charge < -0.3 is 4.52 Å². The van der Waals surface area contributed by atoms with Crippen LogP contribution >= 0.6 is 0 Å². The number of urea groups is 1. The van der Waals surface area contributed by atoms with Crippen molar-refractivity contribution >= 4 is 18.3 Å². The van der Waals surface area contributed by atoms with Crippen molar-refractivity contribution in [2.75, 3.05) is 11.9 Å². The molecule has 0 aliphatic heterocycles. The summed E-state index contributed by atoms with van der Waals surface area (Å²) in [5, 5.41) is 6.37. The van der Waals surface area contributed by atoms with Crippen LogP contribution in [0.5, 0.6) is 0 Å². The number of rotatable bonds is 4. The van der Waals surface area contributed by atoms with Gasteiger partial charge in [0.25, 0.3) is 0 Å². The molecule has 3 amide bonds. The number of nitrogens with one attached hydrogen (secondary N) is 1. The molecule has 0 fully saturated rings. The SMILES string of the molecule is CCCN(C=O)C(=O)Nc1cc(C(C)(C)C)no1. The van der Waals surface area contributed by atoms with Crippen molar-refractivity contribution in [3.63, 3.8) is 0 Å². The molecule has 6 nitrogen and oxygen atoms in total. The number of nitrogens with zero attached hydrogens (tertiary/aromatic N) is 2. The average Bonchev–Trinajstić information content (AvgIpc) is 2.73. The summed E-state index contributed by atoms with van der Waals surface area (Å²) >= 11 is 0. The molecular formula is C12H19N3O3. The Labute approximate surface area is 106 Å². The zero-order chi connectivity index (χ0) is 13.8. The number of aromatic nitrogens is 1. The molecule has 0 saturated carbocycles. The molecule has 1 heterocycles. The molecule has 0 unspecified atom stereocenters. The molecule has 0 saturated heterocycles. The number of imide groups is 1. The Morgan fingerprint density at radius 3 is 2.67 bits per heavy atom. The predicted octanol–water partition coefficient (Wildman–Crippen LogP) is 2.37. The summed E-state index contributed by atoms with van der Waals surface area (Å²) in [5.41, 5.74) is 0.589. The number of hydrogen-bond donors (Lipinski definition) is 1. The van der Waals surface area contributed by atoms with Gasteiger partial charge in [-0.2, -0.15) is 0 Å². The van der Waals surface area contributed by atoms with E-state index < -0.39 is 6.03 Å². The molecule has 100 valence electrons. The first-order chi connectivity index (χ1) is 8.38. The van der Waals surface area contributed by atoms with Crippen molar-refractivity contribution in [1.82, 2.24) is 10.1 Å². The number of hydrogen-bond acceptors (Lipinski definition) is 4. The fourth-order valence-corrected chi connectivity index (χ4v) is 1.31. The lowest BCUT2D eigenvalue weighted by Crippen LogP contribution is -2.34. The van der Waals surface area contributed by atoms with Gasteiger partial charge in [-0.3, -0.25) is 15.0 Å². The highest BCUT2D eigenvalue weighted by molar-refractivity contribution is 5.94. The minimum Gasteiger partial charge on any atom is -0.338 e. The smallest absolute Gasteiger partial charge is 0.330 e. The fourth-order valence-electron chi connectivity index (χ4n) is 1.31. The minimum absolute atomic E-state index is 0.153. The van der Waals surface area contributed by atoms with Crippen molar-refractivity contribution in [3.8, 4) is 0 Å². The van der Waals surface area contributed by atoms with Gasteiger partial charge in [0.1, 0.15) is 0 Å². The van der Waals surface area contributed by atoms with Gasteiger partial charge in [0.2, 0.25) is 12.3 Å². The van der Waals surface area contributed by atoms with Crippen molar-refractivity contribution < 1.29 is 14.1 Å². The third-order valence-electron chi connectivity index (χ3n) is 2.36. The van der Waals surface area contributed by atoms with E-state index in [2.05, 4.69) is 10.5 Å². The third-order valence-corrected chi connectivity index (χ3v) is 2.36. The molecule has 1 aromatic rings. The lowest BCUT2D eigenvalue weighted by Gasteiger charge is -2.13.